The van der Waals surface area contributed by atoms with E-state index in [2.05, 4.69) is 4.72 Å². The maximum Gasteiger partial charge on any atom is 0.262 e. The molecule has 0 aliphatic heterocycles. The number of hydrogen-bond donors (Lipinski definition) is 1. The van der Waals surface area contributed by atoms with E-state index >= 15 is 0 Å². The molecule has 0 aromatic heterocycles. The molecule has 74 valence electrons. The highest BCUT2D eigenvalue weighted by Crippen LogP contribution is 2.24. The van der Waals surface area contributed by atoms with Gasteiger partial charge in [-0.3, -0.25) is 9.52 Å². The fraction of sp³-hybridized carbons (Fsp3) is 0.300. The van der Waals surface area contributed by atoms with Crippen LogP contribution in [0.25, 0.3) is 0 Å². The topological polar surface area (TPSA) is 46.2 Å². The van der Waals surface area contributed by atoms with Gasteiger partial charge in [-0.05, 0) is 25.0 Å². The van der Waals surface area contributed by atoms with E-state index in [-0.39, 0.29) is 11.2 Å². The van der Waals surface area contributed by atoms with Crippen LogP contribution in [0.4, 0.5) is 0 Å². The van der Waals surface area contributed by atoms with E-state index in [1.807, 2.05) is 6.07 Å². The van der Waals surface area contributed by atoms with E-state index in [1.54, 1.807) is 24.3 Å². The van der Waals surface area contributed by atoms with Gasteiger partial charge in [0.2, 0.25) is 0 Å². The Morgan fingerprint density at radius 3 is 2.50 bits per heavy atom. The fourth-order valence-electron chi connectivity index (χ4n) is 1.11. The molecule has 3 nitrogen and oxygen atoms in total. The zero-order valence-electron chi connectivity index (χ0n) is 7.60. The van der Waals surface area contributed by atoms with Gasteiger partial charge in [-0.2, -0.15) is 0 Å². The van der Waals surface area contributed by atoms with Crippen molar-refractivity contribution in [2.45, 2.75) is 18.1 Å². The van der Waals surface area contributed by atoms with Gasteiger partial charge in [-0.1, -0.05) is 18.2 Å². The molecule has 1 unspecified atom stereocenters. The van der Waals surface area contributed by atoms with Gasteiger partial charge in [0, 0.05) is 5.56 Å². The number of nitrogens with one attached hydrogen (secondary N) is 1. The Labute approximate surface area is 85.1 Å². The fourth-order valence-corrected chi connectivity index (χ4v) is 2.14. The Balaban J connectivity index is 1.98. The third-order valence-electron chi connectivity index (χ3n) is 2.06. The van der Waals surface area contributed by atoms with E-state index in [1.165, 1.54) is 0 Å². The van der Waals surface area contributed by atoms with Gasteiger partial charge in [-0.25, -0.2) is 4.21 Å². The van der Waals surface area contributed by atoms with Gasteiger partial charge in [0.25, 0.3) is 5.91 Å². The summed E-state index contributed by atoms with van der Waals surface area (Å²) in [4.78, 5) is 11.5. The normalized spacial score (nSPS) is 17.4. The van der Waals surface area contributed by atoms with Crippen LogP contribution < -0.4 is 4.72 Å². The summed E-state index contributed by atoms with van der Waals surface area (Å²) in [7, 11) is -1.19. The first-order chi connectivity index (χ1) is 6.77. The van der Waals surface area contributed by atoms with E-state index in [0.29, 0.717) is 5.56 Å². The lowest BCUT2D eigenvalue weighted by Crippen LogP contribution is -2.27. The Kier molecular flexibility index (Phi) is 2.63. The molecule has 0 radical (unpaired) electrons. The van der Waals surface area contributed by atoms with Crippen LogP contribution in [0.5, 0.6) is 0 Å². The standard InChI is InChI=1S/C10H11NO2S/c12-10(8-4-2-1-3-5-8)11-14(13)9-6-7-9/h1-5,9H,6-7H2,(H,11,12). The second-order valence-corrected chi connectivity index (χ2v) is 4.76. The summed E-state index contributed by atoms with van der Waals surface area (Å²) in [5.41, 5.74) is 0.557. The largest absolute Gasteiger partial charge is 0.271 e. The Morgan fingerprint density at radius 2 is 1.93 bits per heavy atom. The van der Waals surface area contributed by atoms with Crippen LogP contribution in [0.2, 0.25) is 0 Å². The molecule has 0 heterocycles. The minimum atomic E-state index is -1.19. The van der Waals surface area contributed by atoms with Crippen LogP contribution in [0.3, 0.4) is 0 Å². The second kappa shape index (κ2) is 3.92. The van der Waals surface area contributed by atoms with Crippen molar-refractivity contribution in [3.8, 4) is 0 Å². The highest BCUT2D eigenvalue weighted by Gasteiger charge is 2.29. The quantitative estimate of drug-likeness (QED) is 0.814. The maximum atomic E-state index is 11.5. The Morgan fingerprint density at radius 1 is 1.29 bits per heavy atom. The van der Waals surface area contributed by atoms with E-state index in [0.717, 1.165) is 12.8 Å². The van der Waals surface area contributed by atoms with Gasteiger partial charge >= 0.3 is 0 Å². The third kappa shape index (κ3) is 2.20. The van der Waals surface area contributed by atoms with Crippen LogP contribution in [0.1, 0.15) is 23.2 Å². The molecule has 1 N–H and O–H groups in total. The highest BCUT2D eigenvalue weighted by molar-refractivity contribution is 7.84. The smallest absolute Gasteiger partial charge is 0.262 e. The zero-order chi connectivity index (χ0) is 9.97. The average Bonchev–Trinajstić information content (AvgIpc) is 3.02. The van der Waals surface area contributed by atoms with Gasteiger partial charge in [0.15, 0.2) is 0 Å². The van der Waals surface area contributed by atoms with E-state index < -0.39 is 11.0 Å². The molecule has 2 rings (SSSR count). The summed E-state index contributed by atoms with van der Waals surface area (Å²) in [6.07, 6.45) is 1.92. The Bertz CT molecular complexity index is 360. The monoisotopic (exact) mass is 209 g/mol. The minimum Gasteiger partial charge on any atom is -0.271 e. The summed E-state index contributed by atoms with van der Waals surface area (Å²) in [5.74, 6) is -0.254. The number of benzene rings is 1. The summed E-state index contributed by atoms with van der Waals surface area (Å²) in [6, 6.07) is 8.83. The molecule has 1 atom stereocenters. The van der Waals surface area contributed by atoms with Crippen LogP contribution in [0, 0.1) is 0 Å². The van der Waals surface area contributed by atoms with Gasteiger partial charge in [0.05, 0.1) is 5.25 Å². The molecule has 1 amide bonds. The summed E-state index contributed by atoms with van der Waals surface area (Å²) < 4.78 is 13.9. The number of rotatable bonds is 3. The minimum absolute atomic E-state index is 0.183. The first kappa shape index (κ1) is 9.40. The van der Waals surface area contributed by atoms with Gasteiger partial charge in [0.1, 0.15) is 11.0 Å². The lowest BCUT2D eigenvalue weighted by Gasteiger charge is -2.02. The summed E-state index contributed by atoms with van der Waals surface area (Å²) in [6.45, 7) is 0. The van der Waals surface area contributed by atoms with Crippen LogP contribution in [0.15, 0.2) is 30.3 Å². The van der Waals surface area contributed by atoms with Crippen molar-refractivity contribution in [2.24, 2.45) is 0 Å². The third-order valence-corrected chi connectivity index (χ3v) is 3.52. The van der Waals surface area contributed by atoms with Crippen LogP contribution in [-0.2, 0) is 11.0 Å². The molecular formula is C10H11NO2S. The van der Waals surface area contributed by atoms with Crippen LogP contribution in [-0.4, -0.2) is 15.4 Å². The van der Waals surface area contributed by atoms with Crippen molar-refractivity contribution in [2.75, 3.05) is 0 Å². The predicted molar refractivity (Wildman–Crippen MR) is 55.1 cm³/mol. The number of hydrogen-bond acceptors (Lipinski definition) is 2. The zero-order valence-corrected chi connectivity index (χ0v) is 8.42. The van der Waals surface area contributed by atoms with Crippen molar-refractivity contribution in [1.29, 1.82) is 0 Å². The Hall–Kier alpha value is -1.16. The van der Waals surface area contributed by atoms with Crippen molar-refractivity contribution < 1.29 is 9.00 Å². The van der Waals surface area contributed by atoms with Gasteiger partial charge in [-0.15, -0.1) is 0 Å². The SMILES string of the molecule is O=C(NS(=O)C1CC1)c1ccccc1. The molecule has 0 bridgehead atoms. The molecule has 1 saturated carbocycles. The molecule has 1 fully saturated rings. The first-order valence-corrected chi connectivity index (χ1v) is 5.75. The van der Waals surface area contributed by atoms with Crippen LogP contribution >= 0.6 is 0 Å². The van der Waals surface area contributed by atoms with E-state index in [9.17, 15) is 9.00 Å². The molecule has 14 heavy (non-hydrogen) atoms. The first-order valence-electron chi connectivity index (χ1n) is 4.54. The molecule has 4 heteroatoms. The van der Waals surface area contributed by atoms with E-state index in [4.69, 9.17) is 0 Å². The lowest BCUT2D eigenvalue weighted by molar-refractivity contribution is 0.0983. The molecule has 1 aliphatic carbocycles. The summed E-state index contributed by atoms with van der Waals surface area (Å²) in [5, 5.41) is 0.183. The predicted octanol–water partition coefficient (Wildman–Crippen LogP) is 1.24. The number of carbonyl (C=O) groups excluding carboxylic acids is 1. The molecular weight excluding hydrogens is 198 g/mol. The van der Waals surface area contributed by atoms with Crippen molar-refractivity contribution >= 4 is 16.9 Å². The number of amides is 1. The molecule has 1 aromatic rings. The molecule has 0 spiro atoms. The molecule has 1 aromatic carbocycles. The van der Waals surface area contributed by atoms with Crippen molar-refractivity contribution in [3.63, 3.8) is 0 Å². The second-order valence-electron chi connectivity index (χ2n) is 3.29. The molecule has 1 aliphatic rings. The average molecular weight is 209 g/mol. The number of carbonyl (C=O) groups is 1. The highest BCUT2D eigenvalue weighted by atomic mass is 32.2. The van der Waals surface area contributed by atoms with Crippen molar-refractivity contribution in [1.82, 2.24) is 4.72 Å². The molecule has 0 saturated heterocycles. The van der Waals surface area contributed by atoms with Gasteiger partial charge < -0.3 is 0 Å². The van der Waals surface area contributed by atoms with Crippen molar-refractivity contribution in [3.05, 3.63) is 35.9 Å². The summed E-state index contributed by atoms with van der Waals surface area (Å²) >= 11 is 0. The maximum absolute atomic E-state index is 11.5. The lowest BCUT2D eigenvalue weighted by atomic mass is 10.2.